The van der Waals surface area contributed by atoms with Crippen LogP contribution in [0.1, 0.15) is 31.2 Å². The molecule has 0 aromatic carbocycles. The Morgan fingerprint density at radius 2 is 2.22 bits per heavy atom. The van der Waals surface area contributed by atoms with E-state index in [1.165, 1.54) is 24.8 Å². The molecule has 132 valence electrons. The Labute approximate surface area is 156 Å². The topological polar surface area (TPSA) is 63.5 Å². The Kier molecular flexibility index (Phi) is 8.90. The lowest BCUT2D eigenvalue weighted by Gasteiger charge is -2.42. The lowest BCUT2D eigenvalue weighted by molar-refractivity contribution is 0.0732. The smallest absolute Gasteiger partial charge is 0.191 e. The zero-order valence-electron chi connectivity index (χ0n) is 14.5. The molecule has 1 aliphatic carbocycles. The first-order valence-electron chi connectivity index (χ1n) is 8.10. The largest absolute Gasteiger partial charge is 0.385 e. The van der Waals surface area contributed by atoms with E-state index in [4.69, 9.17) is 4.74 Å². The molecule has 0 spiro atoms. The minimum atomic E-state index is 0. The fraction of sp³-hybridized carbons (Fsp3) is 0.750. The van der Waals surface area contributed by atoms with Crippen LogP contribution in [0.15, 0.2) is 17.4 Å². The second kappa shape index (κ2) is 10.1. The number of guanidine groups is 1. The van der Waals surface area contributed by atoms with Crippen molar-refractivity contribution in [3.8, 4) is 0 Å². The van der Waals surface area contributed by atoms with Gasteiger partial charge in [-0.05, 0) is 37.2 Å². The van der Waals surface area contributed by atoms with Crippen molar-refractivity contribution < 1.29 is 4.74 Å². The number of aromatic nitrogens is 2. The predicted octanol–water partition coefficient (Wildman–Crippen LogP) is 2.18. The summed E-state index contributed by atoms with van der Waals surface area (Å²) >= 11 is 0. The van der Waals surface area contributed by atoms with E-state index < -0.39 is 0 Å². The second-order valence-electron chi connectivity index (χ2n) is 6.23. The van der Waals surface area contributed by atoms with Crippen LogP contribution in [0, 0.1) is 12.3 Å². The number of ether oxygens (including phenoxy) is 1. The van der Waals surface area contributed by atoms with Crippen molar-refractivity contribution in [3.63, 3.8) is 0 Å². The first-order chi connectivity index (χ1) is 10.7. The van der Waals surface area contributed by atoms with Gasteiger partial charge in [0.05, 0.1) is 12.7 Å². The molecule has 0 amide bonds. The van der Waals surface area contributed by atoms with Crippen LogP contribution in [-0.4, -0.2) is 49.6 Å². The minimum absolute atomic E-state index is 0. The summed E-state index contributed by atoms with van der Waals surface area (Å²) in [6.45, 7) is 5.51. The summed E-state index contributed by atoms with van der Waals surface area (Å²) in [5.41, 5.74) is 1.58. The molecule has 0 radical (unpaired) electrons. The van der Waals surface area contributed by atoms with Crippen LogP contribution >= 0.6 is 24.0 Å². The van der Waals surface area contributed by atoms with Gasteiger partial charge in [0.1, 0.15) is 0 Å². The lowest BCUT2D eigenvalue weighted by Crippen LogP contribution is -2.47. The molecule has 1 fully saturated rings. The summed E-state index contributed by atoms with van der Waals surface area (Å²) in [5.74, 6) is 0.868. The third kappa shape index (κ3) is 6.29. The van der Waals surface area contributed by atoms with E-state index in [0.29, 0.717) is 5.41 Å². The molecule has 2 rings (SSSR count). The summed E-state index contributed by atoms with van der Waals surface area (Å²) in [5, 5.41) is 11.1. The number of nitrogens with zero attached hydrogens (tertiary/aromatic N) is 3. The second-order valence-corrected chi connectivity index (χ2v) is 6.23. The van der Waals surface area contributed by atoms with Crippen molar-refractivity contribution in [3.05, 3.63) is 18.0 Å². The third-order valence-electron chi connectivity index (χ3n) is 4.50. The van der Waals surface area contributed by atoms with Crippen LogP contribution in [0.4, 0.5) is 0 Å². The van der Waals surface area contributed by atoms with E-state index in [1.807, 2.05) is 24.1 Å². The van der Waals surface area contributed by atoms with Gasteiger partial charge in [0, 0.05) is 40.1 Å². The van der Waals surface area contributed by atoms with E-state index in [2.05, 4.69) is 27.6 Å². The van der Waals surface area contributed by atoms with Crippen molar-refractivity contribution >= 4 is 29.9 Å². The van der Waals surface area contributed by atoms with E-state index in [0.717, 1.165) is 38.6 Å². The highest BCUT2D eigenvalue weighted by Crippen LogP contribution is 2.43. The average molecular weight is 435 g/mol. The van der Waals surface area contributed by atoms with Gasteiger partial charge in [-0.15, -0.1) is 24.0 Å². The molecule has 6 nitrogen and oxygen atoms in total. The number of methoxy groups -OCH3 is 1. The Hall–Kier alpha value is -0.830. The van der Waals surface area contributed by atoms with Crippen LogP contribution in [0.25, 0.3) is 0 Å². The fourth-order valence-electron chi connectivity index (χ4n) is 2.88. The highest BCUT2D eigenvalue weighted by Gasteiger charge is 2.36. The maximum Gasteiger partial charge on any atom is 0.191 e. The first-order valence-corrected chi connectivity index (χ1v) is 8.10. The maximum atomic E-state index is 5.24. The molecule has 1 heterocycles. The van der Waals surface area contributed by atoms with Crippen LogP contribution in [0.2, 0.25) is 0 Å². The van der Waals surface area contributed by atoms with Gasteiger partial charge in [0.2, 0.25) is 0 Å². The highest BCUT2D eigenvalue weighted by molar-refractivity contribution is 14.0. The molecule has 0 bridgehead atoms. The molecule has 1 saturated carbocycles. The summed E-state index contributed by atoms with van der Waals surface area (Å²) in [7, 11) is 3.59. The van der Waals surface area contributed by atoms with Crippen molar-refractivity contribution in [2.24, 2.45) is 10.4 Å². The van der Waals surface area contributed by atoms with Crippen molar-refractivity contribution in [1.82, 2.24) is 20.4 Å². The van der Waals surface area contributed by atoms with Gasteiger partial charge in [-0.25, -0.2) is 0 Å². The van der Waals surface area contributed by atoms with Gasteiger partial charge in [-0.1, -0.05) is 6.42 Å². The van der Waals surface area contributed by atoms with E-state index in [9.17, 15) is 0 Å². The predicted molar refractivity (Wildman–Crippen MR) is 105 cm³/mol. The van der Waals surface area contributed by atoms with Crippen LogP contribution in [-0.2, 0) is 11.3 Å². The maximum absolute atomic E-state index is 5.24. The number of halogens is 1. The zero-order valence-corrected chi connectivity index (χ0v) is 16.8. The number of rotatable bonds is 8. The Balaban J connectivity index is 0.00000264. The van der Waals surface area contributed by atoms with E-state index in [1.54, 1.807) is 7.11 Å². The molecule has 0 saturated heterocycles. The monoisotopic (exact) mass is 435 g/mol. The Morgan fingerprint density at radius 1 is 1.43 bits per heavy atom. The molecule has 1 aliphatic rings. The van der Waals surface area contributed by atoms with E-state index in [-0.39, 0.29) is 24.0 Å². The van der Waals surface area contributed by atoms with Gasteiger partial charge in [-0.2, -0.15) is 5.10 Å². The Morgan fingerprint density at radius 3 is 2.74 bits per heavy atom. The molecule has 7 heteroatoms. The van der Waals surface area contributed by atoms with E-state index >= 15 is 0 Å². The molecule has 0 aliphatic heterocycles. The zero-order chi connectivity index (χ0) is 15.8. The quantitative estimate of drug-likeness (QED) is 0.373. The average Bonchev–Trinajstić information content (AvgIpc) is 2.89. The standard InChI is InChI=1S/C16H29N5O.HI/c1-14-11-20-21(12-14)9-8-18-15(17-2)19-13-16(5-4-6-16)7-10-22-3;/h11-12H,4-10,13H2,1-3H3,(H2,17,18,19);1H. The van der Waals surface area contributed by atoms with Crippen LogP contribution < -0.4 is 10.6 Å². The first kappa shape index (κ1) is 20.2. The molecule has 23 heavy (non-hydrogen) atoms. The van der Waals surface area contributed by atoms with Gasteiger partial charge in [0.15, 0.2) is 5.96 Å². The highest BCUT2D eigenvalue weighted by atomic mass is 127. The molecule has 2 N–H and O–H groups in total. The lowest BCUT2D eigenvalue weighted by atomic mass is 9.67. The van der Waals surface area contributed by atoms with Crippen molar-refractivity contribution in [2.45, 2.75) is 39.2 Å². The molecule has 0 atom stereocenters. The number of nitrogens with one attached hydrogen (secondary N) is 2. The van der Waals surface area contributed by atoms with Gasteiger partial charge < -0.3 is 15.4 Å². The SMILES string of the molecule is CN=C(NCCn1cc(C)cn1)NCC1(CCOC)CCC1.I. The van der Waals surface area contributed by atoms with Crippen LogP contribution in [0.3, 0.4) is 0 Å². The summed E-state index contributed by atoms with van der Waals surface area (Å²) in [6, 6.07) is 0. The van der Waals surface area contributed by atoms with Crippen LogP contribution in [0.5, 0.6) is 0 Å². The summed E-state index contributed by atoms with van der Waals surface area (Å²) in [4.78, 5) is 4.30. The van der Waals surface area contributed by atoms with Gasteiger partial charge >= 0.3 is 0 Å². The molecule has 1 aromatic rings. The number of hydrogen-bond donors (Lipinski definition) is 2. The number of hydrogen-bond acceptors (Lipinski definition) is 3. The molecule has 0 unspecified atom stereocenters. The normalized spacial score (nSPS) is 16.4. The minimum Gasteiger partial charge on any atom is -0.385 e. The summed E-state index contributed by atoms with van der Waals surface area (Å²) in [6.07, 6.45) is 8.95. The van der Waals surface area contributed by atoms with Gasteiger partial charge in [0.25, 0.3) is 0 Å². The third-order valence-corrected chi connectivity index (χ3v) is 4.50. The fourth-order valence-corrected chi connectivity index (χ4v) is 2.88. The summed E-state index contributed by atoms with van der Waals surface area (Å²) < 4.78 is 7.18. The van der Waals surface area contributed by atoms with Crippen molar-refractivity contribution in [1.29, 1.82) is 0 Å². The van der Waals surface area contributed by atoms with Gasteiger partial charge in [-0.3, -0.25) is 9.67 Å². The molecular weight excluding hydrogens is 405 g/mol. The Bertz CT molecular complexity index is 485. The molecular formula is C16H30IN5O. The number of aliphatic imine (C=N–C) groups is 1. The van der Waals surface area contributed by atoms with Crippen molar-refractivity contribution in [2.75, 3.05) is 33.9 Å². The number of aryl methyl sites for hydroxylation is 1. The molecule has 1 aromatic heterocycles.